The van der Waals surface area contributed by atoms with E-state index in [4.69, 9.17) is 40.1 Å². The number of hydroxylamine groups is 2. The molecule has 0 aromatic heterocycles. The van der Waals surface area contributed by atoms with Gasteiger partial charge in [0.1, 0.15) is 17.7 Å². The Kier molecular flexibility index (Phi) is 48.3. The SMILES string of the molecule is C.CC.CC(C)(C)OC(=O)CCC(=O)NCC(=O)ON1C(=O)CCC1=O.CCCC(=O)CNC(=O)CCC(=O)OC(C)(C)C.CCCC(=O)CNC(=O)CN.CCO.O=C(O)C(F)(F)F.O=C(O)C(F)(F)F. The number of hydrogen-bond donors (Lipinski definition) is 7. The Morgan fingerprint density at radius 2 is 0.833 bits per heavy atom. The van der Waals surface area contributed by atoms with Crippen molar-refractivity contribution in [1.82, 2.24) is 21.0 Å². The third-order valence-electron chi connectivity index (χ3n) is 6.27. The van der Waals surface area contributed by atoms with E-state index in [0.717, 1.165) is 12.8 Å². The maximum Gasteiger partial charge on any atom is 0.490 e. The van der Waals surface area contributed by atoms with Gasteiger partial charge in [0, 0.05) is 45.1 Å². The minimum atomic E-state index is -5.08. The second kappa shape index (κ2) is 43.5. The lowest BCUT2D eigenvalue weighted by Gasteiger charge is -2.19. The number of rotatable bonds is 18. The minimum Gasteiger partial charge on any atom is -0.475 e. The lowest BCUT2D eigenvalue weighted by Crippen LogP contribution is -2.37. The van der Waals surface area contributed by atoms with E-state index in [1.165, 1.54) is 0 Å². The van der Waals surface area contributed by atoms with Crippen molar-refractivity contribution in [2.45, 2.75) is 171 Å². The van der Waals surface area contributed by atoms with Crippen LogP contribution in [-0.2, 0) is 71.8 Å². The number of carbonyl (C=O) groups excluding carboxylic acids is 10. The molecule has 29 heteroatoms. The van der Waals surface area contributed by atoms with E-state index in [0.29, 0.717) is 17.9 Å². The van der Waals surface area contributed by atoms with Crippen LogP contribution < -0.4 is 21.7 Å². The number of aliphatic hydroxyl groups is 1. The minimum absolute atomic E-state index is 0. The van der Waals surface area contributed by atoms with Crippen LogP contribution in [0.3, 0.4) is 0 Å². The van der Waals surface area contributed by atoms with Crippen LogP contribution in [0.25, 0.3) is 0 Å². The van der Waals surface area contributed by atoms with Crippen LogP contribution >= 0.6 is 0 Å². The summed E-state index contributed by atoms with van der Waals surface area (Å²) in [7, 11) is 0. The lowest BCUT2D eigenvalue weighted by atomic mass is 10.2. The van der Waals surface area contributed by atoms with Gasteiger partial charge < -0.3 is 51.3 Å². The highest BCUT2D eigenvalue weighted by Gasteiger charge is 2.39. The molecule has 8 N–H and O–H groups in total. The highest BCUT2D eigenvalue weighted by atomic mass is 19.4. The number of nitrogens with one attached hydrogen (secondary N) is 3. The topological polar surface area (TPSA) is 359 Å². The predicted octanol–water partition coefficient (Wildman–Crippen LogP) is 3.78. The van der Waals surface area contributed by atoms with Gasteiger partial charge in [-0.3, -0.25) is 43.2 Å². The number of carboxylic acid groups (broad SMARTS) is 2. The Hall–Kier alpha value is -6.26. The first-order chi connectivity index (χ1) is 32.3. The first-order valence-corrected chi connectivity index (χ1v) is 21.6. The van der Waals surface area contributed by atoms with Gasteiger partial charge in [-0.15, -0.1) is 5.06 Å². The zero-order valence-corrected chi connectivity index (χ0v) is 41.9. The molecular formula is C43H75F6N5O18. The third-order valence-corrected chi connectivity index (χ3v) is 6.27. The summed E-state index contributed by atoms with van der Waals surface area (Å²) in [5.74, 6) is -9.66. The van der Waals surface area contributed by atoms with E-state index < -0.39 is 77.7 Å². The van der Waals surface area contributed by atoms with Crippen LogP contribution in [0.15, 0.2) is 0 Å². The zero-order valence-electron chi connectivity index (χ0n) is 41.9. The maximum atomic E-state index is 11.5. The van der Waals surface area contributed by atoms with Crippen molar-refractivity contribution in [2.75, 3.05) is 32.8 Å². The molecule has 1 aliphatic rings. The molecule has 72 heavy (non-hydrogen) atoms. The van der Waals surface area contributed by atoms with Gasteiger partial charge in [0.2, 0.25) is 17.7 Å². The number of carbonyl (C=O) groups is 12. The molecule has 0 unspecified atom stereocenters. The summed E-state index contributed by atoms with van der Waals surface area (Å²) in [5.41, 5.74) is 3.84. The number of aliphatic carboxylic acids is 2. The molecule has 0 radical (unpaired) electrons. The molecule has 0 spiro atoms. The Morgan fingerprint density at radius 1 is 0.556 bits per heavy atom. The van der Waals surface area contributed by atoms with Crippen molar-refractivity contribution in [2.24, 2.45) is 5.73 Å². The van der Waals surface area contributed by atoms with Crippen molar-refractivity contribution in [3.05, 3.63) is 0 Å². The fourth-order valence-corrected chi connectivity index (χ4v) is 3.56. The average molecular weight is 1060 g/mol. The molecule has 1 fully saturated rings. The standard InChI is InChI=1S/C14H20N2O7.C13H23NO4.C7H14N2O2.2C2HF3O2.C2H6O.C2H6.CH4/c1-14(2,3)22-12(20)7-4-9(17)15-8-13(21)23-16-10(18)5-6-11(16)19;1-5-6-10(15)9-14-11(16)7-8-12(17)18-13(2,3)4;1-2-3-6(10)5-9-7(11)4-8;2*3-2(4,5)1(6)7;1-2-3;1-2;/h4-8H2,1-3H3,(H,15,17);5-9H2,1-4H3,(H,14,16);2-5,8H2,1H3,(H,9,11);2*(H,6,7);3H,2H2,1H3;1-2H3;1H4. The second-order valence-electron chi connectivity index (χ2n) is 15.3. The molecule has 23 nitrogen and oxygen atoms in total. The van der Waals surface area contributed by atoms with Crippen LogP contribution in [0.2, 0.25) is 0 Å². The van der Waals surface area contributed by atoms with Crippen molar-refractivity contribution < 1.29 is 114 Å². The average Bonchev–Trinajstić information content (AvgIpc) is 3.55. The number of hydrogen-bond acceptors (Lipinski definition) is 17. The molecule has 0 aliphatic carbocycles. The Labute approximate surface area is 414 Å². The normalized spacial score (nSPS) is 11.3. The summed E-state index contributed by atoms with van der Waals surface area (Å²) < 4.78 is 73.6. The third kappa shape index (κ3) is 58.1. The van der Waals surface area contributed by atoms with E-state index >= 15 is 0 Å². The summed E-state index contributed by atoms with van der Waals surface area (Å²) in [5, 5.41) is 29.3. The van der Waals surface area contributed by atoms with Gasteiger partial charge in [-0.05, 0) is 61.3 Å². The second-order valence-corrected chi connectivity index (χ2v) is 15.3. The van der Waals surface area contributed by atoms with Crippen molar-refractivity contribution in [1.29, 1.82) is 0 Å². The molecule has 1 heterocycles. The molecular weight excluding hydrogens is 988 g/mol. The van der Waals surface area contributed by atoms with Crippen LogP contribution in [0.5, 0.6) is 0 Å². The summed E-state index contributed by atoms with van der Waals surface area (Å²) in [6, 6.07) is 0. The van der Waals surface area contributed by atoms with E-state index in [2.05, 4.69) is 20.8 Å². The van der Waals surface area contributed by atoms with Crippen molar-refractivity contribution in [3.63, 3.8) is 0 Å². The summed E-state index contributed by atoms with van der Waals surface area (Å²) in [4.78, 5) is 134. The number of ketones is 2. The highest BCUT2D eigenvalue weighted by Crippen LogP contribution is 2.15. The summed E-state index contributed by atoms with van der Waals surface area (Å²) >= 11 is 0. The number of alkyl halides is 6. The molecule has 0 saturated carbocycles. The number of nitrogens with two attached hydrogens (primary N) is 1. The van der Waals surface area contributed by atoms with Crippen molar-refractivity contribution in [3.8, 4) is 0 Å². The van der Waals surface area contributed by atoms with Crippen LogP contribution in [0, 0.1) is 0 Å². The van der Waals surface area contributed by atoms with Gasteiger partial charge in [-0.25, -0.2) is 14.4 Å². The summed E-state index contributed by atoms with van der Waals surface area (Å²) in [6.07, 6.45) is -7.80. The molecule has 0 atom stereocenters. The van der Waals surface area contributed by atoms with E-state index in [9.17, 15) is 74.3 Å². The first kappa shape index (κ1) is 79.9. The number of nitrogens with zero attached hydrogens (tertiary/aromatic N) is 1. The number of Topliss-reactive ketones (excluding diaryl/α,β-unsaturated/α-hetero) is 2. The number of esters is 2. The van der Waals surface area contributed by atoms with E-state index in [1.54, 1.807) is 48.5 Å². The van der Waals surface area contributed by atoms with Gasteiger partial charge in [-0.2, -0.15) is 26.3 Å². The van der Waals surface area contributed by atoms with E-state index in [1.807, 2.05) is 27.7 Å². The number of halogens is 6. The fourth-order valence-electron chi connectivity index (χ4n) is 3.56. The lowest BCUT2D eigenvalue weighted by molar-refractivity contribution is -0.196. The fraction of sp³-hybridized carbons (Fsp3) is 0.721. The number of amides is 5. The van der Waals surface area contributed by atoms with Gasteiger partial charge in [0.25, 0.3) is 11.8 Å². The van der Waals surface area contributed by atoms with Crippen LogP contribution in [0.1, 0.15) is 148 Å². The number of imide groups is 1. The number of aliphatic hydroxyl groups excluding tert-OH is 1. The number of ether oxygens (including phenoxy) is 2. The molecule has 422 valence electrons. The highest BCUT2D eigenvalue weighted by molar-refractivity contribution is 6.01. The molecule has 1 saturated heterocycles. The molecule has 0 aromatic carbocycles. The zero-order chi connectivity index (χ0) is 57.4. The maximum absolute atomic E-state index is 11.5. The molecule has 5 amide bonds. The van der Waals surface area contributed by atoms with Gasteiger partial charge >= 0.3 is 42.2 Å². The Balaban J connectivity index is -0.000000153. The first-order valence-electron chi connectivity index (χ1n) is 21.6. The monoisotopic (exact) mass is 1060 g/mol. The molecule has 0 aromatic rings. The van der Waals surface area contributed by atoms with Gasteiger partial charge in [0.15, 0.2) is 11.6 Å². The smallest absolute Gasteiger partial charge is 0.475 e. The van der Waals surface area contributed by atoms with Crippen molar-refractivity contribution >= 4 is 70.9 Å². The molecule has 0 bridgehead atoms. The predicted molar refractivity (Wildman–Crippen MR) is 243 cm³/mol. The Bertz CT molecular complexity index is 1640. The van der Waals surface area contributed by atoms with Crippen LogP contribution in [0.4, 0.5) is 26.3 Å². The molecule has 1 rings (SSSR count). The molecule has 1 aliphatic heterocycles. The van der Waals surface area contributed by atoms with E-state index in [-0.39, 0.29) is 95.6 Å². The van der Waals surface area contributed by atoms with Gasteiger partial charge in [0.05, 0.1) is 32.5 Å². The quantitative estimate of drug-likeness (QED) is 0.0583. The summed E-state index contributed by atoms with van der Waals surface area (Å²) in [6.45, 7) is 19.8. The Morgan fingerprint density at radius 3 is 1.08 bits per heavy atom. The van der Waals surface area contributed by atoms with Crippen LogP contribution in [-0.4, -0.2) is 148 Å². The largest absolute Gasteiger partial charge is 0.490 e. The number of carboxylic acids is 2. The van der Waals surface area contributed by atoms with Gasteiger partial charge in [-0.1, -0.05) is 35.1 Å².